The summed E-state index contributed by atoms with van der Waals surface area (Å²) in [7, 11) is 0. The number of likely N-dealkylation sites (tertiary alicyclic amines) is 1. The Morgan fingerprint density at radius 1 is 1.05 bits per heavy atom. The maximum absolute atomic E-state index is 4.41. The summed E-state index contributed by atoms with van der Waals surface area (Å²) < 4.78 is 0. The van der Waals surface area contributed by atoms with Gasteiger partial charge in [0, 0.05) is 18.1 Å². The number of para-hydroxylation sites is 1. The molecule has 1 aliphatic rings. The van der Waals surface area contributed by atoms with Gasteiger partial charge in [-0.15, -0.1) is 0 Å². The first-order valence-electron chi connectivity index (χ1n) is 8.19. The number of piperidine rings is 1. The number of nitrogens with zero attached hydrogens (tertiary/aromatic N) is 2. The van der Waals surface area contributed by atoms with Crippen molar-refractivity contribution in [2.24, 2.45) is 0 Å². The van der Waals surface area contributed by atoms with E-state index >= 15 is 0 Å². The predicted octanol–water partition coefficient (Wildman–Crippen LogP) is 3.20. The van der Waals surface area contributed by atoms with Crippen LogP contribution in [0.5, 0.6) is 0 Å². The Kier molecular flexibility index (Phi) is 5.19. The number of rotatable bonds is 6. The zero-order valence-corrected chi connectivity index (χ0v) is 12.7. The molecule has 112 valence electrons. The molecule has 1 aromatic carbocycles. The number of nitrogens with one attached hydrogen (secondary N) is 1. The molecule has 0 atom stereocenters. The molecule has 1 aliphatic heterocycles. The lowest BCUT2D eigenvalue weighted by molar-refractivity contribution is 0.225. The monoisotopic (exact) mass is 283 g/mol. The second-order valence-electron chi connectivity index (χ2n) is 5.92. The first kappa shape index (κ1) is 14.5. The van der Waals surface area contributed by atoms with Crippen LogP contribution in [0.1, 0.15) is 31.2 Å². The molecule has 3 nitrogen and oxygen atoms in total. The second kappa shape index (κ2) is 7.53. The molecule has 0 spiro atoms. The van der Waals surface area contributed by atoms with Crippen LogP contribution in [-0.4, -0.2) is 36.1 Å². The molecule has 0 aliphatic carbocycles. The number of aromatic nitrogens is 1. The van der Waals surface area contributed by atoms with Gasteiger partial charge in [0.05, 0.1) is 5.52 Å². The van der Waals surface area contributed by atoms with Crippen LogP contribution in [0.15, 0.2) is 36.5 Å². The van der Waals surface area contributed by atoms with E-state index < -0.39 is 0 Å². The summed E-state index contributed by atoms with van der Waals surface area (Å²) >= 11 is 0. The molecule has 2 aromatic rings. The third-order valence-corrected chi connectivity index (χ3v) is 4.33. The Morgan fingerprint density at radius 2 is 1.90 bits per heavy atom. The fourth-order valence-corrected chi connectivity index (χ4v) is 3.14. The van der Waals surface area contributed by atoms with E-state index in [2.05, 4.69) is 39.5 Å². The molecule has 0 unspecified atom stereocenters. The summed E-state index contributed by atoms with van der Waals surface area (Å²) in [5.74, 6) is 0. The van der Waals surface area contributed by atoms with Gasteiger partial charge < -0.3 is 10.2 Å². The lowest BCUT2D eigenvalue weighted by Gasteiger charge is -2.26. The highest BCUT2D eigenvalue weighted by molar-refractivity contribution is 5.81. The molecule has 3 rings (SSSR count). The lowest BCUT2D eigenvalue weighted by Crippen LogP contribution is -2.32. The van der Waals surface area contributed by atoms with Gasteiger partial charge in [0.15, 0.2) is 0 Å². The SMILES string of the molecule is c1ccc2c(CNCCCN3CCCCC3)ccnc2c1. The van der Waals surface area contributed by atoms with Crippen molar-refractivity contribution in [1.82, 2.24) is 15.2 Å². The van der Waals surface area contributed by atoms with Gasteiger partial charge in [0.1, 0.15) is 0 Å². The van der Waals surface area contributed by atoms with Crippen LogP contribution in [0.25, 0.3) is 10.9 Å². The average molecular weight is 283 g/mol. The Hall–Kier alpha value is -1.45. The first-order chi connectivity index (χ1) is 10.4. The van der Waals surface area contributed by atoms with Gasteiger partial charge >= 0.3 is 0 Å². The van der Waals surface area contributed by atoms with Gasteiger partial charge in [-0.3, -0.25) is 4.98 Å². The summed E-state index contributed by atoms with van der Waals surface area (Å²) in [5, 5.41) is 4.85. The second-order valence-corrected chi connectivity index (χ2v) is 5.92. The molecule has 21 heavy (non-hydrogen) atoms. The number of hydrogen-bond donors (Lipinski definition) is 1. The van der Waals surface area contributed by atoms with Crippen LogP contribution in [0.4, 0.5) is 0 Å². The number of benzene rings is 1. The van der Waals surface area contributed by atoms with E-state index in [1.54, 1.807) is 0 Å². The van der Waals surface area contributed by atoms with Gasteiger partial charge in [-0.25, -0.2) is 0 Å². The normalized spacial score (nSPS) is 16.4. The third-order valence-electron chi connectivity index (χ3n) is 4.33. The number of hydrogen-bond acceptors (Lipinski definition) is 3. The molecular formula is C18H25N3. The Morgan fingerprint density at radius 3 is 2.81 bits per heavy atom. The molecule has 3 heteroatoms. The quantitative estimate of drug-likeness (QED) is 0.825. The van der Waals surface area contributed by atoms with E-state index in [0.717, 1.165) is 18.6 Å². The van der Waals surface area contributed by atoms with Gasteiger partial charge in [0.25, 0.3) is 0 Å². The van der Waals surface area contributed by atoms with Crippen LogP contribution in [0.3, 0.4) is 0 Å². The van der Waals surface area contributed by atoms with Crippen LogP contribution in [0.2, 0.25) is 0 Å². The average Bonchev–Trinajstić information content (AvgIpc) is 2.56. The fourth-order valence-electron chi connectivity index (χ4n) is 3.14. The van der Waals surface area contributed by atoms with E-state index in [1.807, 2.05) is 12.3 Å². The maximum atomic E-state index is 4.41. The van der Waals surface area contributed by atoms with Crippen molar-refractivity contribution in [3.05, 3.63) is 42.1 Å². The minimum absolute atomic E-state index is 0.934. The summed E-state index contributed by atoms with van der Waals surface area (Å²) in [6, 6.07) is 10.5. The lowest BCUT2D eigenvalue weighted by atomic mass is 10.1. The molecule has 0 radical (unpaired) electrons. The Balaban J connectivity index is 1.44. The summed E-state index contributed by atoms with van der Waals surface area (Å²) in [6.45, 7) is 5.87. The Bertz CT molecular complexity index is 556. The minimum Gasteiger partial charge on any atom is -0.313 e. The highest BCUT2D eigenvalue weighted by Gasteiger charge is 2.08. The highest BCUT2D eigenvalue weighted by atomic mass is 15.1. The smallest absolute Gasteiger partial charge is 0.0705 e. The van der Waals surface area contributed by atoms with Crippen molar-refractivity contribution in [2.75, 3.05) is 26.2 Å². The van der Waals surface area contributed by atoms with Crippen LogP contribution >= 0.6 is 0 Å². The van der Waals surface area contributed by atoms with E-state index in [1.165, 1.54) is 56.3 Å². The van der Waals surface area contributed by atoms with Crippen molar-refractivity contribution in [1.29, 1.82) is 0 Å². The molecule has 1 N–H and O–H groups in total. The third kappa shape index (κ3) is 4.02. The van der Waals surface area contributed by atoms with Gasteiger partial charge in [-0.05, 0) is 63.1 Å². The van der Waals surface area contributed by atoms with Crippen LogP contribution < -0.4 is 5.32 Å². The zero-order valence-electron chi connectivity index (χ0n) is 12.7. The topological polar surface area (TPSA) is 28.2 Å². The van der Waals surface area contributed by atoms with Crippen molar-refractivity contribution < 1.29 is 0 Å². The van der Waals surface area contributed by atoms with E-state index in [4.69, 9.17) is 0 Å². The summed E-state index contributed by atoms with van der Waals surface area (Å²) in [6.07, 6.45) is 7.34. The largest absolute Gasteiger partial charge is 0.313 e. The van der Waals surface area contributed by atoms with Crippen LogP contribution in [-0.2, 0) is 6.54 Å². The van der Waals surface area contributed by atoms with E-state index in [-0.39, 0.29) is 0 Å². The molecule has 0 bridgehead atoms. The molecule has 2 heterocycles. The van der Waals surface area contributed by atoms with Crippen molar-refractivity contribution >= 4 is 10.9 Å². The van der Waals surface area contributed by atoms with Crippen molar-refractivity contribution in [3.8, 4) is 0 Å². The van der Waals surface area contributed by atoms with Crippen molar-refractivity contribution in [3.63, 3.8) is 0 Å². The standard InChI is InChI=1S/C18H25N3/c1-4-12-21(13-5-1)14-6-10-19-15-16-9-11-20-18-8-3-2-7-17(16)18/h2-3,7-9,11,19H,1,4-6,10,12-15H2. The molecular weight excluding hydrogens is 258 g/mol. The molecule has 1 aromatic heterocycles. The highest BCUT2D eigenvalue weighted by Crippen LogP contribution is 2.15. The van der Waals surface area contributed by atoms with Crippen LogP contribution in [0, 0.1) is 0 Å². The molecule has 1 saturated heterocycles. The number of pyridine rings is 1. The molecule has 0 amide bonds. The van der Waals surface area contributed by atoms with Gasteiger partial charge in [0.2, 0.25) is 0 Å². The number of fused-ring (bicyclic) bond motifs is 1. The fraction of sp³-hybridized carbons (Fsp3) is 0.500. The van der Waals surface area contributed by atoms with E-state index in [9.17, 15) is 0 Å². The van der Waals surface area contributed by atoms with Gasteiger partial charge in [-0.2, -0.15) is 0 Å². The minimum atomic E-state index is 0.934. The molecule has 0 saturated carbocycles. The maximum Gasteiger partial charge on any atom is 0.0705 e. The summed E-state index contributed by atoms with van der Waals surface area (Å²) in [4.78, 5) is 7.02. The van der Waals surface area contributed by atoms with E-state index in [0.29, 0.717) is 0 Å². The Labute approximate surface area is 127 Å². The first-order valence-corrected chi connectivity index (χ1v) is 8.19. The van der Waals surface area contributed by atoms with Gasteiger partial charge in [-0.1, -0.05) is 24.6 Å². The summed E-state index contributed by atoms with van der Waals surface area (Å²) in [5.41, 5.74) is 2.43. The van der Waals surface area contributed by atoms with Crippen molar-refractivity contribution in [2.45, 2.75) is 32.2 Å². The molecule has 1 fully saturated rings. The predicted molar refractivity (Wildman–Crippen MR) is 88.4 cm³/mol. The zero-order chi connectivity index (χ0) is 14.3.